The zero-order chi connectivity index (χ0) is 26.3. The van der Waals surface area contributed by atoms with Crippen molar-refractivity contribution in [2.75, 3.05) is 25.4 Å². The molecular formula is C32H27NO5. The molecule has 1 spiro atoms. The van der Waals surface area contributed by atoms with E-state index in [1.807, 2.05) is 89.8 Å². The third-order valence-electron chi connectivity index (χ3n) is 7.39. The first-order chi connectivity index (χ1) is 18.6. The van der Waals surface area contributed by atoms with Crippen molar-refractivity contribution in [1.82, 2.24) is 0 Å². The first-order valence-corrected chi connectivity index (χ1v) is 12.5. The lowest BCUT2D eigenvalue weighted by atomic mass is 9.76. The van der Waals surface area contributed by atoms with Crippen LogP contribution in [0.5, 0.6) is 11.5 Å². The number of ketones is 1. The number of benzene rings is 4. The number of ether oxygens (including phenoxy) is 3. The minimum absolute atomic E-state index is 0.00438. The molecule has 1 amide bonds. The van der Waals surface area contributed by atoms with Gasteiger partial charge in [0.15, 0.2) is 12.6 Å². The highest BCUT2D eigenvalue weighted by Crippen LogP contribution is 2.55. The molecule has 0 saturated carbocycles. The van der Waals surface area contributed by atoms with E-state index in [2.05, 4.69) is 0 Å². The molecule has 0 bridgehead atoms. The van der Waals surface area contributed by atoms with Crippen LogP contribution in [0.15, 0.2) is 97.1 Å². The monoisotopic (exact) mass is 505 g/mol. The Labute approximate surface area is 221 Å². The third-order valence-corrected chi connectivity index (χ3v) is 7.39. The lowest BCUT2D eigenvalue weighted by molar-refractivity contribution is -0.122. The first kappa shape index (κ1) is 23.9. The molecule has 0 saturated heterocycles. The summed E-state index contributed by atoms with van der Waals surface area (Å²) in [5.41, 5.74) is 3.68. The van der Waals surface area contributed by atoms with E-state index in [0.29, 0.717) is 22.6 Å². The number of carbonyl (C=O) groups is 2. The zero-order valence-electron chi connectivity index (χ0n) is 21.2. The number of hydrogen-bond acceptors (Lipinski definition) is 5. The second-order valence-electron chi connectivity index (χ2n) is 9.56. The molecule has 1 unspecified atom stereocenters. The zero-order valence-corrected chi connectivity index (χ0v) is 21.2. The summed E-state index contributed by atoms with van der Waals surface area (Å²) in [4.78, 5) is 29.3. The molecule has 2 aliphatic rings. The Balaban J connectivity index is 1.56. The number of nitrogens with zero attached hydrogens (tertiary/aromatic N) is 1. The molecule has 6 rings (SSSR count). The van der Waals surface area contributed by atoms with Crippen molar-refractivity contribution in [1.29, 1.82) is 0 Å². The molecule has 0 aliphatic carbocycles. The topological polar surface area (TPSA) is 65.1 Å². The standard InChI is InChI=1S/C32H27NO5/c1-21(34)24-17-26-29(18-28(24)38-20-36-2)37-19-32(26)25-15-9-10-16-27(25)33(31(32)35)30(22-11-5-3-6-12-22)23-13-7-4-8-14-23/h3-18,30H,19-20H2,1-2H3. The van der Waals surface area contributed by atoms with Gasteiger partial charge in [-0.05, 0) is 35.7 Å². The Morgan fingerprint density at radius 1 is 0.921 bits per heavy atom. The number of para-hydroxylation sites is 1. The maximum Gasteiger partial charge on any atom is 0.246 e. The van der Waals surface area contributed by atoms with Crippen LogP contribution in [-0.4, -0.2) is 32.2 Å². The van der Waals surface area contributed by atoms with Crippen LogP contribution in [0.25, 0.3) is 0 Å². The second-order valence-corrected chi connectivity index (χ2v) is 9.56. The Kier molecular flexibility index (Phi) is 5.97. The highest BCUT2D eigenvalue weighted by Gasteiger charge is 2.58. The van der Waals surface area contributed by atoms with Gasteiger partial charge >= 0.3 is 0 Å². The van der Waals surface area contributed by atoms with Gasteiger partial charge in [0.25, 0.3) is 0 Å². The van der Waals surface area contributed by atoms with E-state index in [4.69, 9.17) is 14.2 Å². The van der Waals surface area contributed by atoms with Crippen molar-refractivity contribution in [3.8, 4) is 11.5 Å². The summed E-state index contributed by atoms with van der Waals surface area (Å²) in [6.45, 7) is 1.62. The SMILES string of the molecule is COCOc1cc2c(cc1C(C)=O)C1(CO2)C(=O)N(C(c2ccccc2)c2ccccc2)c2ccccc21. The number of fused-ring (bicyclic) bond motifs is 4. The molecule has 38 heavy (non-hydrogen) atoms. The average molecular weight is 506 g/mol. The molecule has 0 N–H and O–H groups in total. The van der Waals surface area contributed by atoms with Crippen LogP contribution >= 0.6 is 0 Å². The smallest absolute Gasteiger partial charge is 0.246 e. The fraction of sp³-hybridized carbons (Fsp3) is 0.188. The Morgan fingerprint density at radius 2 is 1.55 bits per heavy atom. The normalized spacial score (nSPS) is 17.4. The summed E-state index contributed by atoms with van der Waals surface area (Å²) in [6, 6.07) is 31.1. The molecule has 4 aromatic rings. The lowest BCUT2D eigenvalue weighted by Gasteiger charge is -2.31. The van der Waals surface area contributed by atoms with Crippen LogP contribution in [0.1, 0.15) is 45.6 Å². The maximum atomic E-state index is 14.8. The molecule has 0 radical (unpaired) electrons. The summed E-state index contributed by atoms with van der Waals surface area (Å²) in [7, 11) is 1.52. The van der Waals surface area contributed by atoms with E-state index >= 15 is 0 Å². The van der Waals surface area contributed by atoms with Gasteiger partial charge in [-0.15, -0.1) is 0 Å². The lowest BCUT2D eigenvalue weighted by Crippen LogP contribution is -2.44. The van der Waals surface area contributed by atoms with Gasteiger partial charge in [0.05, 0.1) is 11.6 Å². The van der Waals surface area contributed by atoms with Crippen molar-refractivity contribution < 1.29 is 23.8 Å². The fourth-order valence-electron chi connectivity index (χ4n) is 5.69. The second kappa shape index (κ2) is 9.47. The predicted molar refractivity (Wildman–Crippen MR) is 144 cm³/mol. The molecule has 6 nitrogen and oxygen atoms in total. The van der Waals surface area contributed by atoms with Crippen LogP contribution in [0, 0.1) is 0 Å². The molecular weight excluding hydrogens is 478 g/mol. The highest BCUT2D eigenvalue weighted by atomic mass is 16.7. The third kappa shape index (κ3) is 3.60. The maximum absolute atomic E-state index is 14.8. The quantitative estimate of drug-likeness (QED) is 0.239. The van der Waals surface area contributed by atoms with Crippen molar-refractivity contribution in [3.05, 3.63) is 125 Å². The van der Waals surface area contributed by atoms with Crippen molar-refractivity contribution in [2.24, 2.45) is 0 Å². The number of methoxy groups -OCH3 is 1. The van der Waals surface area contributed by atoms with Gasteiger partial charge in [0.2, 0.25) is 5.91 Å². The van der Waals surface area contributed by atoms with Gasteiger partial charge < -0.3 is 14.2 Å². The van der Waals surface area contributed by atoms with Crippen molar-refractivity contribution in [3.63, 3.8) is 0 Å². The van der Waals surface area contributed by atoms with Gasteiger partial charge in [-0.2, -0.15) is 0 Å². The van der Waals surface area contributed by atoms with Crippen LogP contribution in [-0.2, 0) is 14.9 Å². The number of amides is 1. The first-order valence-electron chi connectivity index (χ1n) is 12.5. The van der Waals surface area contributed by atoms with Crippen molar-refractivity contribution in [2.45, 2.75) is 18.4 Å². The molecule has 190 valence electrons. The fourth-order valence-corrected chi connectivity index (χ4v) is 5.69. The van der Waals surface area contributed by atoms with E-state index < -0.39 is 5.41 Å². The van der Waals surface area contributed by atoms with Gasteiger partial charge in [-0.25, -0.2) is 0 Å². The number of hydrogen-bond donors (Lipinski definition) is 0. The van der Waals surface area contributed by atoms with E-state index in [1.165, 1.54) is 14.0 Å². The summed E-state index contributed by atoms with van der Waals surface area (Å²) < 4.78 is 16.9. The number of Topliss-reactive ketones (excluding diaryl/α,β-unsaturated/α-hetero) is 1. The van der Waals surface area contributed by atoms with E-state index in [9.17, 15) is 9.59 Å². The van der Waals surface area contributed by atoms with Crippen LogP contribution in [0.3, 0.4) is 0 Å². The number of carbonyl (C=O) groups excluding carboxylic acids is 2. The minimum Gasteiger partial charge on any atom is -0.491 e. The van der Waals surface area contributed by atoms with Crippen LogP contribution < -0.4 is 14.4 Å². The number of rotatable bonds is 7. The molecule has 1 atom stereocenters. The Bertz CT molecular complexity index is 1480. The summed E-state index contributed by atoms with van der Waals surface area (Å²) >= 11 is 0. The summed E-state index contributed by atoms with van der Waals surface area (Å²) in [5.74, 6) is 0.650. The van der Waals surface area contributed by atoms with Gasteiger partial charge in [0.1, 0.15) is 23.5 Å². The van der Waals surface area contributed by atoms with Crippen molar-refractivity contribution >= 4 is 17.4 Å². The Hall–Kier alpha value is -4.42. The van der Waals surface area contributed by atoms with E-state index in [-0.39, 0.29) is 31.1 Å². The van der Waals surface area contributed by atoms with Crippen LogP contribution in [0.2, 0.25) is 0 Å². The van der Waals surface area contributed by atoms with Gasteiger partial charge in [-0.1, -0.05) is 78.9 Å². The van der Waals surface area contributed by atoms with Gasteiger partial charge in [-0.3, -0.25) is 14.5 Å². The summed E-state index contributed by atoms with van der Waals surface area (Å²) in [6.07, 6.45) is 0. The molecule has 0 aromatic heterocycles. The predicted octanol–water partition coefficient (Wildman–Crippen LogP) is 5.69. The average Bonchev–Trinajstić information content (AvgIpc) is 3.44. The van der Waals surface area contributed by atoms with Gasteiger partial charge in [0, 0.05) is 24.4 Å². The van der Waals surface area contributed by atoms with E-state index in [0.717, 1.165) is 22.4 Å². The minimum atomic E-state index is -1.09. The molecule has 4 aromatic carbocycles. The highest BCUT2D eigenvalue weighted by molar-refractivity contribution is 6.13. The largest absolute Gasteiger partial charge is 0.491 e. The summed E-state index contributed by atoms with van der Waals surface area (Å²) in [5, 5.41) is 0. The van der Waals surface area contributed by atoms with E-state index in [1.54, 1.807) is 12.1 Å². The molecule has 2 aliphatic heterocycles. The molecule has 0 fully saturated rings. The molecule has 6 heteroatoms. The molecule has 2 heterocycles. The Morgan fingerprint density at radius 3 is 2.18 bits per heavy atom. The number of anilines is 1. The van der Waals surface area contributed by atoms with Crippen LogP contribution in [0.4, 0.5) is 5.69 Å².